The van der Waals surface area contributed by atoms with Gasteiger partial charge in [-0.15, -0.1) is 4.89 Å². The van der Waals surface area contributed by atoms with Crippen molar-refractivity contribution in [2.75, 3.05) is 4.72 Å². The van der Waals surface area contributed by atoms with Crippen molar-refractivity contribution in [2.45, 2.75) is 38.1 Å². The zero-order chi connectivity index (χ0) is 17.8. The summed E-state index contributed by atoms with van der Waals surface area (Å²) in [6.07, 6.45) is 5.57. The van der Waals surface area contributed by atoms with Crippen molar-refractivity contribution in [3.63, 3.8) is 0 Å². The minimum atomic E-state index is -1.79. The predicted octanol–water partition coefficient (Wildman–Crippen LogP) is 3.85. The van der Waals surface area contributed by atoms with Gasteiger partial charge in [-0.05, 0) is 39.3 Å². The molecule has 3 N–H and O–H groups in total. The molecule has 0 spiro atoms. The number of anilines is 1. The molecule has 1 unspecified atom stereocenters. The molecule has 0 saturated carbocycles. The van der Waals surface area contributed by atoms with E-state index in [2.05, 4.69) is 46.5 Å². The van der Waals surface area contributed by atoms with Crippen LogP contribution in [0.4, 0.5) is 5.69 Å². The number of aromatic amines is 1. The Morgan fingerprint density at radius 1 is 1.36 bits per heavy atom. The largest absolute Gasteiger partial charge is 0.358 e. The zero-order valence-corrected chi connectivity index (χ0v) is 15.4. The van der Waals surface area contributed by atoms with E-state index in [4.69, 9.17) is 4.28 Å². The lowest BCUT2D eigenvalue weighted by molar-refractivity contribution is 0.355. The van der Waals surface area contributed by atoms with Crippen molar-refractivity contribution < 1.29 is 4.28 Å². The highest BCUT2D eigenvalue weighted by atomic mass is 32.3. The average Bonchev–Trinajstić information content (AvgIpc) is 3.02. The Kier molecular flexibility index (Phi) is 3.37. The fourth-order valence-electron chi connectivity index (χ4n) is 2.80. The van der Waals surface area contributed by atoms with Gasteiger partial charge in [0, 0.05) is 17.8 Å². The minimum Gasteiger partial charge on any atom is -0.358 e. The van der Waals surface area contributed by atoms with Crippen LogP contribution in [0, 0.1) is 18.3 Å². The average molecular weight is 356 g/mol. The van der Waals surface area contributed by atoms with Gasteiger partial charge in [0.05, 0.1) is 44.1 Å². The number of nitrogens with zero attached hydrogens (tertiary/aromatic N) is 3. The number of hydrogen-bond donors (Lipinski definition) is 3. The third kappa shape index (κ3) is 2.57. The van der Waals surface area contributed by atoms with Crippen LogP contribution >= 0.6 is 10.7 Å². The highest BCUT2D eigenvalue weighted by Gasteiger charge is 2.44. The Labute approximate surface area is 147 Å². The Morgan fingerprint density at radius 3 is 2.72 bits per heavy atom. The molecule has 7 nitrogen and oxygen atoms in total. The van der Waals surface area contributed by atoms with Gasteiger partial charge in [-0.25, -0.2) is 4.28 Å². The van der Waals surface area contributed by atoms with E-state index in [1.54, 1.807) is 6.20 Å². The monoisotopic (exact) mass is 356 g/mol. The summed E-state index contributed by atoms with van der Waals surface area (Å²) in [4.78, 5) is 7.20. The molecule has 4 rings (SSSR count). The van der Waals surface area contributed by atoms with Crippen molar-refractivity contribution in [3.8, 4) is 6.07 Å². The van der Waals surface area contributed by atoms with Crippen LogP contribution in [-0.4, -0.2) is 14.8 Å². The maximum atomic E-state index is 9.31. The Morgan fingerprint density at radius 2 is 2.12 bits per heavy atom. The van der Waals surface area contributed by atoms with E-state index >= 15 is 0 Å². The molecule has 0 bridgehead atoms. The molecule has 1 fully saturated rings. The number of benzene rings is 1. The van der Waals surface area contributed by atoms with E-state index < -0.39 is 10.7 Å². The number of aryl methyl sites for hydroxylation is 1. The molecule has 1 aliphatic rings. The van der Waals surface area contributed by atoms with E-state index in [0.29, 0.717) is 5.56 Å². The number of nitrogens with one attached hydrogen (secondary N) is 3. The first kappa shape index (κ1) is 16.0. The number of hydrogen-bond acceptors (Lipinski definition) is 5. The summed E-state index contributed by atoms with van der Waals surface area (Å²) in [6.45, 7) is 8.31. The first-order valence-corrected chi connectivity index (χ1v) is 9.52. The summed E-state index contributed by atoms with van der Waals surface area (Å²) in [5.74, 6) is 0. The van der Waals surface area contributed by atoms with Crippen molar-refractivity contribution >= 4 is 27.3 Å². The maximum Gasteiger partial charge on any atom is 0.101 e. The van der Waals surface area contributed by atoms with Gasteiger partial charge in [-0.1, -0.05) is 6.07 Å². The Balaban J connectivity index is 1.72. The van der Waals surface area contributed by atoms with Gasteiger partial charge >= 0.3 is 0 Å². The predicted molar refractivity (Wildman–Crippen MR) is 98.7 cm³/mol. The number of aromatic nitrogens is 3. The quantitative estimate of drug-likeness (QED) is 0.618. The molecule has 0 radical (unpaired) electrons. The van der Waals surface area contributed by atoms with Crippen LogP contribution in [0.1, 0.15) is 31.9 Å². The normalized spacial score (nSPS) is 22.4. The van der Waals surface area contributed by atoms with Gasteiger partial charge in [0.15, 0.2) is 0 Å². The number of nitriles is 1. The first-order valence-electron chi connectivity index (χ1n) is 7.96. The summed E-state index contributed by atoms with van der Waals surface area (Å²) in [6, 6.07) is 6.24. The molecule has 3 heterocycles. The summed E-state index contributed by atoms with van der Waals surface area (Å²) in [5.41, 5.74) is 3.42. The zero-order valence-electron chi connectivity index (χ0n) is 14.5. The summed E-state index contributed by atoms with van der Waals surface area (Å²) < 4.78 is 11.0. The highest BCUT2D eigenvalue weighted by molar-refractivity contribution is 8.33. The van der Waals surface area contributed by atoms with Crippen LogP contribution in [0.2, 0.25) is 0 Å². The standard InChI is InChI=1S/C17H20N6OS/c1-11-5-6-14(16-15(11)12(7-18)8-19-16)21-25(22-24-25)13-9-20-23(10-13)17(2,3)4/h5-6,8-10,19,21-22H,1-4H3. The van der Waals surface area contributed by atoms with Crippen molar-refractivity contribution in [1.82, 2.24) is 19.6 Å². The third-order valence-corrected chi connectivity index (χ3v) is 6.13. The van der Waals surface area contributed by atoms with Crippen LogP contribution in [0.25, 0.3) is 10.9 Å². The summed E-state index contributed by atoms with van der Waals surface area (Å²) in [7, 11) is -1.79. The topological polar surface area (TPSA) is 104 Å². The van der Waals surface area contributed by atoms with E-state index in [-0.39, 0.29) is 5.54 Å². The second kappa shape index (κ2) is 5.26. The van der Waals surface area contributed by atoms with E-state index in [1.807, 2.05) is 36.1 Å². The van der Waals surface area contributed by atoms with Crippen LogP contribution < -0.4 is 9.61 Å². The lowest BCUT2D eigenvalue weighted by Gasteiger charge is -2.20. The fraction of sp³-hybridized carbons (Fsp3) is 0.294. The number of H-pyrrole nitrogens is 1. The smallest absolute Gasteiger partial charge is 0.101 e. The second-order valence-corrected chi connectivity index (χ2v) is 9.23. The molecule has 1 aromatic carbocycles. The molecule has 130 valence electrons. The van der Waals surface area contributed by atoms with Crippen LogP contribution in [0.15, 0.2) is 35.6 Å². The molecule has 0 amide bonds. The molecule has 2 aromatic heterocycles. The van der Waals surface area contributed by atoms with Gasteiger partial charge in [0.25, 0.3) is 0 Å². The van der Waals surface area contributed by atoms with Crippen molar-refractivity contribution in [3.05, 3.63) is 41.9 Å². The van der Waals surface area contributed by atoms with E-state index in [1.165, 1.54) is 0 Å². The molecule has 1 saturated heterocycles. The molecule has 3 aromatic rings. The second-order valence-electron chi connectivity index (χ2n) is 7.11. The fourth-order valence-corrected chi connectivity index (χ4v) is 4.39. The van der Waals surface area contributed by atoms with Crippen LogP contribution in [0.3, 0.4) is 0 Å². The van der Waals surface area contributed by atoms with Crippen LogP contribution in [0.5, 0.6) is 0 Å². The molecule has 25 heavy (non-hydrogen) atoms. The summed E-state index contributed by atoms with van der Waals surface area (Å²) in [5, 5.41) is 14.7. The lowest BCUT2D eigenvalue weighted by atomic mass is 10.1. The van der Waals surface area contributed by atoms with E-state index in [0.717, 1.165) is 27.0 Å². The highest BCUT2D eigenvalue weighted by Crippen LogP contribution is 2.63. The van der Waals surface area contributed by atoms with Gasteiger partial charge in [-0.2, -0.15) is 10.4 Å². The number of rotatable bonds is 3. The minimum absolute atomic E-state index is 0.0912. The van der Waals surface area contributed by atoms with E-state index in [9.17, 15) is 5.26 Å². The van der Waals surface area contributed by atoms with Crippen LogP contribution in [-0.2, 0) is 9.82 Å². The maximum absolute atomic E-state index is 9.31. The van der Waals surface area contributed by atoms with Gasteiger partial charge in [0.2, 0.25) is 0 Å². The van der Waals surface area contributed by atoms with Gasteiger partial charge in [0.1, 0.15) is 6.07 Å². The molecular weight excluding hydrogens is 336 g/mol. The SMILES string of the molecule is Cc1ccc(NS2(c3cnn(C(C)(C)C)c3)NO2)c2[nH]cc(C#N)c12. The van der Waals surface area contributed by atoms with Crippen molar-refractivity contribution in [1.29, 1.82) is 5.26 Å². The van der Waals surface area contributed by atoms with Crippen molar-refractivity contribution in [2.24, 2.45) is 0 Å². The molecule has 0 aliphatic carbocycles. The first-order chi connectivity index (χ1) is 11.8. The van der Waals surface area contributed by atoms with Gasteiger partial charge < -0.3 is 9.71 Å². The van der Waals surface area contributed by atoms with Gasteiger partial charge in [-0.3, -0.25) is 4.68 Å². The molecule has 1 aliphatic heterocycles. The molecular formula is C17H20N6OS. The lowest BCUT2D eigenvalue weighted by Crippen LogP contribution is -2.21. The third-order valence-electron chi connectivity index (χ3n) is 4.25. The summed E-state index contributed by atoms with van der Waals surface area (Å²) >= 11 is 0. The molecule has 8 heteroatoms. The Bertz CT molecular complexity index is 1000. The number of fused-ring (bicyclic) bond motifs is 1. The Hall–Kier alpha value is -2.47. The molecule has 1 atom stereocenters.